The lowest BCUT2D eigenvalue weighted by Gasteiger charge is -2.17. The van der Waals surface area contributed by atoms with E-state index in [2.05, 4.69) is 15.5 Å². The molecule has 1 saturated heterocycles. The fourth-order valence-electron chi connectivity index (χ4n) is 3.35. The largest absolute Gasteiger partial charge is 0.321 e. The van der Waals surface area contributed by atoms with Gasteiger partial charge < -0.3 is 10.2 Å². The summed E-state index contributed by atoms with van der Waals surface area (Å²) in [5.74, 6) is 0.744. The molecule has 4 rings (SSSR count). The highest BCUT2D eigenvalue weighted by atomic mass is 35.5. The van der Waals surface area contributed by atoms with Gasteiger partial charge in [0.15, 0.2) is 5.65 Å². The third-order valence-electron chi connectivity index (χ3n) is 4.78. The first-order chi connectivity index (χ1) is 13.4. The van der Waals surface area contributed by atoms with Crippen molar-refractivity contribution in [1.29, 1.82) is 0 Å². The monoisotopic (exact) mass is 397 g/mol. The van der Waals surface area contributed by atoms with Crippen molar-refractivity contribution in [2.24, 2.45) is 0 Å². The Hall–Kier alpha value is -2.93. The van der Waals surface area contributed by atoms with E-state index in [0.717, 1.165) is 12.2 Å². The standard InChI is InChI=1S/C20H20ClN5O2/c1-12(2)19-24-23-17-8-5-13(11-26(17)19)22-20(28)15-10-14(6-7-16(15)21)25-9-3-4-18(25)27/h5-8,10-12H,3-4,9H2,1-2H3,(H,22,28). The maximum absolute atomic E-state index is 12.8. The van der Waals surface area contributed by atoms with Crippen LogP contribution in [0, 0.1) is 0 Å². The first-order valence-corrected chi connectivity index (χ1v) is 9.58. The van der Waals surface area contributed by atoms with E-state index in [0.29, 0.717) is 40.6 Å². The van der Waals surface area contributed by atoms with E-state index in [9.17, 15) is 9.59 Å². The van der Waals surface area contributed by atoms with Gasteiger partial charge in [0.25, 0.3) is 5.91 Å². The molecule has 8 heteroatoms. The molecule has 0 unspecified atom stereocenters. The molecule has 2 aromatic heterocycles. The third-order valence-corrected chi connectivity index (χ3v) is 5.11. The Morgan fingerprint density at radius 1 is 1.21 bits per heavy atom. The predicted molar refractivity (Wildman–Crippen MR) is 108 cm³/mol. The molecule has 28 heavy (non-hydrogen) atoms. The number of fused-ring (bicyclic) bond motifs is 1. The Morgan fingerprint density at radius 2 is 2.04 bits per heavy atom. The van der Waals surface area contributed by atoms with Crippen LogP contribution >= 0.6 is 11.6 Å². The molecular weight excluding hydrogens is 378 g/mol. The zero-order valence-electron chi connectivity index (χ0n) is 15.6. The zero-order chi connectivity index (χ0) is 19.8. The van der Waals surface area contributed by atoms with E-state index in [4.69, 9.17) is 11.6 Å². The van der Waals surface area contributed by atoms with E-state index in [1.54, 1.807) is 41.4 Å². The highest BCUT2D eigenvalue weighted by Crippen LogP contribution is 2.27. The van der Waals surface area contributed by atoms with E-state index in [1.807, 2.05) is 18.2 Å². The zero-order valence-corrected chi connectivity index (χ0v) is 16.4. The maximum Gasteiger partial charge on any atom is 0.257 e. The molecule has 1 N–H and O–H groups in total. The van der Waals surface area contributed by atoms with Crippen LogP contribution in [-0.4, -0.2) is 33.0 Å². The predicted octanol–water partition coefficient (Wildman–Crippen LogP) is 3.89. The summed E-state index contributed by atoms with van der Waals surface area (Å²) in [5.41, 5.74) is 2.34. The third kappa shape index (κ3) is 3.33. The lowest BCUT2D eigenvalue weighted by molar-refractivity contribution is -0.117. The summed E-state index contributed by atoms with van der Waals surface area (Å²) >= 11 is 6.26. The summed E-state index contributed by atoms with van der Waals surface area (Å²) in [6, 6.07) is 8.65. The van der Waals surface area contributed by atoms with Gasteiger partial charge in [0, 0.05) is 30.8 Å². The summed E-state index contributed by atoms with van der Waals surface area (Å²) in [6.07, 6.45) is 3.14. The number of rotatable bonds is 4. The van der Waals surface area contributed by atoms with Crippen LogP contribution in [0.4, 0.5) is 11.4 Å². The van der Waals surface area contributed by atoms with Gasteiger partial charge in [0.1, 0.15) is 5.82 Å². The normalized spacial score (nSPS) is 14.3. The van der Waals surface area contributed by atoms with Gasteiger partial charge in [-0.25, -0.2) is 0 Å². The van der Waals surface area contributed by atoms with Gasteiger partial charge in [-0.1, -0.05) is 25.4 Å². The molecule has 0 radical (unpaired) electrons. The van der Waals surface area contributed by atoms with Crippen LogP contribution in [0.15, 0.2) is 36.5 Å². The number of hydrogen-bond donors (Lipinski definition) is 1. The number of anilines is 2. The summed E-state index contributed by atoms with van der Waals surface area (Å²) < 4.78 is 1.86. The number of carbonyl (C=O) groups is 2. The molecule has 0 bridgehead atoms. The van der Waals surface area contributed by atoms with E-state index >= 15 is 0 Å². The summed E-state index contributed by atoms with van der Waals surface area (Å²) in [7, 11) is 0. The van der Waals surface area contributed by atoms with Gasteiger partial charge in [-0.15, -0.1) is 10.2 Å². The molecule has 1 aliphatic heterocycles. The molecule has 0 saturated carbocycles. The molecule has 144 valence electrons. The van der Waals surface area contributed by atoms with Gasteiger partial charge in [-0.05, 0) is 36.8 Å². The molecular formula is C20H20ClN5O2. The smallest absolute Gasteiger partial charge is 0.257 e. The molecule has 0 spiro atoms. The van der Waals surface area contributed by atoms with Crippen LogP contribution in [0.25, 0.3) is 5.65 Å². The van der Waals surface area contributed by atoms with Crippen LogP contribution < -0.4 is 10.2 Å². The minimum Gasteiger partial charge on any atom is -0.321 e. The lowest BCUT2D eigenvalue weighted by atomic mass is 10.1. The molecule has 2 amide bonds. The minimum atomic E-state index is -0.336. The van der Waals surface area contributed by atoms with E-state index < -0.39 is 0 Å². The van der Waals surface area contributed by atoms with Crippen molar-refractivity contribution >= 4 is 40.4 Å². The lowest BCUT2D eigenvalue weighted by Crippen LogP contribution is -2.24. The number of aromatic nitrogens is 3. The Labute approximate surface area is 167 Å². The number of hydrogen-bond acceptors (Lipinski definition) is 4. The molecule has 3 aromatic rings. The summed E-state index contributed by atoms with van der Waals surface area (Å²) in [4.78, 5) is 26.5. The van der Waals surface area contributed by atoms with Crippen molar-refractivity contribution in [3.05, 3.63) is 52.9 Å². The average Bonchev–Trinajstić information content (AvgIpc) is 3.28. The summed E-state index contributed by atoms with van der Waals surface area (Å²) in [5, 5.41) is 11.5. The number of nitrogens with zero attached hydrogens (tertiary/aromatic N) is 4. The van der Waals surface area contributed by atoms with Crippen molar-refractivity contribution in [3.63, 3.8) is 0 Å². The number of pyridine rings is 1. The molecule has 3 heterocycles. The van der Waals surface area contributed by atoms with Gasteiger partial charge in [-0.2, -0.15) is 0 Å². The number of nitrogens with one attached hydrogen (secondary N) is 1. The number of carbonyl (C=O) groups excluding carboxylic acids is 2. The second kappa shape index (κ2) is 7.24. The summed E-state index contributed by atoms with van der Waals surface area (Å²) in [6.45, 7) is 4.73. The first-order valence-electron chi connectivity index (χ1n) is 9.20. The van der Waals surface area contributed by atoms with Crippen LogP contribution in [-0.2, 0) is 4.79 Å². The first kappa shape index (κ1) is 18.4. The van der Waals surface area contributed by atoms with Crippen LogP contribution in [0.2, 0.25) is 5.02 Å². The SMILES string of the molecule is CC(C)c1nnc2ccc(NC(=O)c3cc(N4CCCC4=O)ccc3Cl)cn12. The maximum atomic E-state index is 12.8. The fraction of sp³-hybridized carbons (Fsp3) is 0.300. The Bertz CT molecular complexity index is 1080. The van der Waals surface area contributed by atoms with Crippen molar-refractivity contribution in [2.75, 3.05) is 16.8 Å². The van der Waals surface area contributed by atoms with Crippen LogP contribution in [0.3, 0.4) is 0 Å². The fourth-order valence-corrected chi connectivity index (χ4v) is 3.55. The minimum absolute atomic E-state index is 0.0629. The molecule has 1 aliphatic rings. The number of halogens is 1. The van der Waals surface area contributed by atoms with Crippen molar-refractivity contribution in [1.82, 2.24) is 14.6 Å². The Morgan fingerprint density at radius 3 is 2.75 bits per heavy atom. The second-order valence-corrected chi connectivity index (χ2v) is 7.53. The number of amides is 2. The molecule has 0 atom stereocenters. The molecule has 1 aromatic carbocycles. The molecule has 7 nitrogen and oxygen atoms in total. The molecule has 1 fully saturated rings. The molecule has 0 aliphatic carbocycles. The van der Waals surface area contributed by atoms with Gasteiger partial charge in [0.05, 0.1) is 16.3 Å². The van der Waals surface area contributed by atoms with Gasteiger partial charge >= 0.3 is 0 Å². The topological polar surface area (TPSA) is 79.6 Å². The van der Waals surface area contributed by atoms with E-state index in [-0.39, 0.29) is 17.7 Å². The van der Waals surface area contributed by atoms with Crippen molar-refractivity contribution < 1.29 is 9.59 Å². The quantitative estimate of drug-likeness (QED) is 0.724. The van der Waals surface area contributed by atoms with E-state index in [1.165, 1.54) is 0 Å². The van der Waals surface area contributed by atoms with Crippen LogP contribution in [0.1, 0.15) is 48.8 Å². The highest BCUT2D eigenvalue weighted by molar-refractivity contribution is 6.34. The Kier molecular flexibility index (Phi) is 4.77. The van der Waals surface area contributed by atoms with Crippen LogP contribution in [0.5, 0.6) is 0 Å². The second-order valence-electron chi connectivity index (χ2n) is 7.13. The van der Waals surface area contributed by atoms with Gasteiger partial charge in [-0.3, -0.25) is 14.0 Å². The van der Waals surface area contributed by atoms with Gasteiger partial charge in [0.2, 0.25) is 5.91 Å². The van der Waals surface area contributed by atoms with Crippen molar-refractivity contribution in [3.8, 4) is 0 Å². The highest BCUT2D eigenvalue weighted by Gasteiger charge is 2.23. The van der Waals surface area contributed by atoms with Crippen molar-refractivity contribution in [2.45, 2.75) is 32.6 Å². The Balaban J connectivity index is 1.62. The number of benzene rings is 1. The average molecular weight is 398 g/mol.